The van der Waals surface area contributed by atoms with Gasteiger partial charge in [-0.3, -0.25) is 4.79 Å². The second-order valence-corrected chi connectivity index (χ2v) is 7.62. The summed E-state index contributed by atoms with van der Waals surface area (Å²) in [5.41, 5.74) is 2.78. The third-order valence-electron chi connectivity index (χ3n) is 5.23. The predicted molar refractivity (Wildman–Crippen MR) is 119 cm³/mol. The maximum absolute atomic E-state index is 12.9. The van der Waals surface area contributed by atoms with Crippen molar-refractivity contribution in [1.29, 1.82) is 0 Å². The smallest absolute Gasteiger partial charge is 0.344 e. The Bertz CT molecular complexity index is 1010. The molecule has 3 aromatic rings. The Balaban J connectivity index is 1.69. The SMILES string of the molecule is CCCCCCC(Oc1ccc(C(=O)c2ccc(-n3ccnc3)cc2)cc1C)C(=O)O. The van der Waals surface area contributed by atoms with Gasteiger partial charge in [-0.25, -0.2) is 9.78 Å². The molecule has 0 saturated carbocycles. The highest BCUT2D eigenvalue weighted by Crippen LogP contribution is 2.24. The van der Waals surface area contributed by atoms with Gasteiger partial charge < -0.3 is 14.4 Å². The number of unbranched alkanes of at least 4 members (excludes halogenated alkanes) is 3. The maximum atomic E-state index is 12.9. The van der Waals surface area contributed by atoms with Gasteiger partial charge in [0.1, 0.15) is 5.75 Å². The molecule has 0 spiro atoms. The van der Waals surface area contributed by atoms with Crippen molar-refractivity contribution in [1.82, 2.24) is 9.55 Å². The summed E-state index contributed by atoms with van der Waals surface area (Å²) in [6.07, 6.45) is 8.83. The minimum absolute atomic E-state index is 0.0961. The normalized spacial score (nSPS) is 11.8. The van der Waals surface area contributed by atoms with E-state index >= 15 is 0 Å². The van der Waals surface area contributed by atoms with Crippen LogP contribution >= 0.6 is 0 Å². The van der Waals surface area contributed by atoms with E-state index in [2.05, 4.69) is 11.9 Å². The number of aliphatic carboxylic acids is 1. The number of aryl methyl sites for hydroxylation is 1. The van der Waals surface area contributed by atoms with Gasteiger partial charge in [-0.15, -0.1) is 0 Å². The van der Waals surface area contributed by atoms with Crippen molar-refractivity contribution >= 4 is 11.8 Å². The van der Waals surface area contributed by atoms with Gasteiger partial charge in [-0.1, -0.05) is 26.2 Å². The summed E-state index contributed by atoms with van der Waals surface area (Å²) in [5.74, 6) is -0.565. The van der Waals surface area contributed by atoms with Crippen LogP contribution in [-0.2, 0) is 4.79 Å². The molecule has 0 aliphatic heterocycles. The third-order valence-corrected chi connectivity index (χ3v) is 5.23. The Morgan fingerprint density at radius 3 is 2.42 bits per heavy atom. The van der Waals surface area contributed by atoms with Crippen LogP contribution in [-0.4, -0.2) is 32.5 Å². The molecule has 31 heavy (non-hydrogen) atoms. The lowest BCUT2D eigenvalue weighted by molar-refractivity contribution is -0.145. The van der Waals surface area contributed by atoms with Crippen LogP contribution in [0.3, 0.4) is 0 Å². The summed E-state index contributed by atoms with van der Waals surface area (Å²) in [6, 6.07) is 12.4. The summed E-state index contributed by atoms with van der Waals surface area (Å²) in [6.45, 7) is 3.94. The Morgan fingerprint density at radius 2 is 1.81 bits per heavy atom. The number of nitrogens with zero attached hydrogens (tertiary/aromatic N) is 2. The highest BCUT2D eigenvalue weighted by molar-refractivity contribution is 6.09. The van der Waals surface area contributed by atoms with Crippen molar-refractivity contribution in [2.24, 2.45) is 0 Å². The standard InChI is InChI=1S/C25H28N2O4/c1-3-4-5-6-7-23(25(29)30)31-22-13-10-20(16-18(22)2)24(28)19-8-11-21(12-9-19)27-15-14-26-17-27/h8-17,23H,3-7H2,1-2H3,(H,29,30). The van der Waals surface area contributed by atoms with Gasteiger partial charge in [0.05, 0.1) is 6.33 Å². The number of carbonyl (C=O) groups excluding carboxylic acids is 1. The van der Waals surface area contributed by atoms with E-state index in [0.29, 0.717) is 23.3 Å². The van der Waals surface area contributed by atoms with E-state index in [0.717, 1.165) is 36.9 Å². The number of rotatable bonds is 11. The number of imidazole rings is 1. The van der Waals surface area contributed by atoms with E-state index in [1.54, 1.807) is 42.9 Å². The van der Waals surface area contributed by atoms with Crippen LogP contribution in [0.4, 0.5) is 0 Å². The molecule has 2 aromatic carbocycles. The molecule has 6 nitrogen and oxygen atoms in total. The van der Waals surface area contributed by atoms with Crippen molar-refractivity contribution < 1.29 is 19.4 Å². The minimum Gasteiger partial charge on any atom is -0.479 e. The molecule has 0 amide bonds. The quantitative estimate of drug-likeness (QED) is 0.340. The average molecular weight is 421 g/mol. The number of ether oxygens (including phenoxy) is 1. The van der Waals surface area contributed by atoms with E-state index in [9.17, 15) is 14.7 Å². The van der Waals surface area contributed by atoms with E-state index < -0.39 is 12.1 Å². The van der Waals surface area contributed by atoms with Gasteiger partial charge >= 0.3 is 5.97 Å². The summed E-state index contributed by atoms with van der Waals surface area (Å²) < 4.78 is 7.63. The van der Waals surface area contributed by atoms with Gasteiger partial charge in [0.25, 0.3) is 0 Å². The molecule has 6 heteroatoms. The van der Waals surface area contributed by atoms with Crippen molar-refractivity contribution in [3.63, 3.8) is 0 Å². The largest absolute Gasteiger partial charge is 0.479 e. The number of benzene rings is 2. The zero-order valence-electron chi connectivity index (χ0n) is 18.0. The number of ketones is 1. The van der Waals surface area contributed by atoms with Crippen molar-refractivity contribution in [3.8, 4) is 11.4 Å². The third kappa shape index (κ3) is 5.81. The number of aromatic nitrogens is 2. The van der Waals surface area contributed by atoms with E-state index in [-0.39, 0.29) is 5.78 Å². The zero-order chi connectivity index (χ0) is 22.2. The van der Waals surface area contributed by atoms with Gasteiger partial charge in [-0.2, -0.15) is 0 Å². The first-order chi connectivity index (χ1) is 15.0. The molecule has 0 radical (unpaired) electrons. The molecule has 0 aliphatic carbocycles. The van der Waals surface area contributed by atoms with Gasteiger partial charge in [-0.05, 0) is 67.8 Å². The van der Waals surface area contributed by atoms with Gasteiger partial charge in [0, 0.05) is 29.2 Å². The van der Waals surface area contributed by atoms with Crippen LogP contribution in [0, 0.1) is 6.92 Å². The van der Waals surface area contributed by atoms with Crippen molar-refractivity contribution in [3.05, 3.63) is 77.9 Å². The summed E-state index contributed by atoms with van der Waals surface area (Å²) in [5, 5.41) is 9.48. The topological polar surface area (TPSA) is 81.4 Å². The summed E-state index contributed by atoms with van der Waals surface area (Å²) in [4.78, 5) is 28.5. The molecule has 1 N–H and O–H groups in total. The molecule has 1 atom stereocenters. The first-order valence-corrected chi connectivity index (χ1v) is 10.6. The number of hydrogen-bond donors (Lipinski definition) is 1. The van der Waals surface area contributed by atoms with Crippen LogP contribution in [0.15, 0.2) is 61.2 Å². The van der Waals surface area contributed by atoms with Gasteiger partial charge in [0.15, 0.2) is 11.9 Å². The fraction of sp³-hybridized carbons (Fsp3) is 0.320. The second kappa shape index (κ2) is 10.6. The molecule has 0 bridgehead atoms. The Hall–Kier alpha value is -3.41. The maximum Gasteiger partial charge on any atom is 0.344 e. The number of carbonyl (C=O) groups is 2. The Kier molecular flexibility index (Phi) is 7.60. The molecule has 1 heterocycles. The van der Waals surface area contributed by atoms with Crippen molar-refractivity contribution in [2.45, 2.75) is 52.1 Å². The van der Waals surface area contributed by atoms with E-state index in [1.165, 1.54) is 0 Å². The average Bonchev–Trinajstić information content (AvgIpc) is 3.31. The van der Waals surface area contributed by atoms with E-state index in [1.807, 2.05) is 29.8 Å². The first-order valence-electron chi connectivity index (χ1n) is 10.6. The molecule has 3 rings (SSSR count). The summed E-state index contributed by atoms with van der Waals surface area (Å²) in [7, 11) is 0. The van der Waals surface area contributed by atoms with Crippen LogP contribution in [0.5, 0.6) is 5.75 Å². The molecule has 0 saturated heterocycles. The lowest BCUT2D eigenvalue weighted by atomic mass is 10.0. The fourth-order valence-electron chi connectivity index (χ4n) is 3.43. The monoisotopic (exact) mass is 420 g/mol. The molecule has 0 fully saturated rings. The number of carboxylic acids is 1. The zero-order valence-corrected chi connectivity index (χ0v) is 18.0. The fourth-order valence-corrected chi connectivity index (χ4v) is 3.43. The molecule has 1 aromatic heterocycles. The lowest BCUT2D eigenvalue weighted by Gasteiger charge is -2.17. The van der Waals surface area contributed by atoms with Crippen LogP contribution in [0.1, 0.15) is 60.5 Å². The van der Waals surface area contributed by atoms with Crippen LogP contribution < -0.4 is 4.74 Å². The van der Waals surface area contributed by atoms with Crippen LogP contribution in [0.2, 0.25) is 0 Å². The summed E-state index contributed by atoms with van der Waals surface area (Å²) >= 11 is 0. The van der Waals surface area contributed by atoms with E-state index in [4.69, 9.17) is 4.74 Å². The first kappa shape index (κ1) is 22.3. The molecule has 1 unspecified atom stereocenters. The van der Waals surface area contributed by atoms with Gasteiger partial charge in [0.2, 0.25) is 0 Å². The molecule has 0 aliphatic rings. The number of hydrogen-bond acceptors (Lipinski definition) is 4. The second-order valence-electron chi connectivity index (χ2n) is 7.62. The molecular formula is C25H28N2O4. The number of carboxylic acid groups (broad SMARTS) is 1. The highest BCUT2D eigenvalue weighted by atomic mass is 16.5. The van der Waals surface area contributed by atoms with Crippen LogP contribution in [0.25, 0.3) is 5.69 Å². The molecule has 162 valence electrons. The highest BCUT2D eigenvalue weighted by Gasteiger charge is 2.20. The Morgan fingerprint density at radius 1 is 1.06 bits per heavy atom. The Labute approximate surface area is 182 Å². The van der Waals surface area contributed by atoms with Crippen molar-refractivity contribution in [2.75, 3.05) is 0 Å². The predicted octanol–water partition coefficient (Wildman–Crippen LogP) is 5.21. The minimum atomic E-state index is -0.964. The molecular weight excluding hydrogens is 392 g/mol. The lowest BCUT2D eigenvalue weighted by Crippen LogP contribution is -2.27.